The fourth-order valence-electron chi connectivity index (χ4n) is 3.44. The van der Waals surface area contributed by atoms with Crippen LogP contribution in [0.15, 0.2) is 42.5 Å². The molecular weight excluding hydrogens is 415 g/mol. The number of hydrogen-bond donors (Lipinski definition) is 4. The highest BCUT2D eigenvalue weighted by atomic mass is 35.5. The van der Waals surface area contributed by atoms with Crippen molar-refractivity contribution in [2.75, 3.05) is 23.4 Å². The number of amidine groups is 1. The van der Waals surface area contributed by atoms with Crippen molar-refractivity contribution >= 4 is 41.4 Å². The lowest BCUT2D eigenvalue weighted by molar-refractivity contribution is -0.150. The van der Waals surface area contributed by atoms with Crippen molar-refractivity contribution in [2.24, 2.45) is 0 Å². The number of hydrogen-bond acceptors (Lipinski definition) is 5. The minimum atomic E-state index is -1.76. The summed E-state index contributed by atoms with van der Waals surface area (Å²) in [6, 6.07) is 10.8. The summed E-state index contributed by atoms with van der Waals surface area (Å²) < 4.78 is 19.4. The summed E-state index contributed by atoms with van der Waals surface area (Å²) in [6.07, 6.45) is -3.20. The van der Waals surface area contributed by atoms with Crippen LogP contribution in [0.5, 0.6) is 0 Å². The van der Waals surface area contributed by atoms with Crippen molar-refractivity contribution in [1.29, 1.82) is 5.41 Å². The number of benzene rings is 2. The molecule has 2 aromatic rings. The largest absolute Gasteiger partial charge is 0.380 e. The van der Waals surface area contributed by atoms with Gasteiger partial charge in [-0.1, -0.05) is 12.1 Å². The first-order chi connectivity index (χ1) is 14.0. The highest BCUT2D eigenvalue weighted by Gasteiger charge is 2.40. The summed E-state index contributed by atoms with van der Waals surface area (Å²) in [5, 5.41) is 23.6. The lowest BCUT2D eigenvalue weighted by Crippen LogP contribution is -2.55. The van der Waals surface area contributed by atoms with Gasteiger partial charge in [0.15, 0.2) is 12.2 Å². The summed E-state index contributed by atoms with van der Waals surface area (Å²) in [4.78, 5) is 26.4. The van der Waals surface area contributed by atoms with Crippen LogP contribution in [0.3, 0.4) is 0 Å². The number of aliphatic hydroxyl groups is 1. The molecule has 0 unspecified atom stereocenters. The van der Waals surface area contributed by atoms with Gasteiger partial charge >= 0.3 is 0 Å². The Morgan fingerprint density at radius 1 is 1.33 bits per heavy atom. The molecule has 0 bridgehead atoms. The van der Waals surface area contributed by atoms with E-state index in [2.05, 4.69) is 10.6 Å². The number of nitrogens with one attached hydrogen (secondary N) is 3. The predicted octanol–water partition coefficient (Wildman–Crippen LogP) is 1.41. The van der Waals surface area contributed by atoms with Gasteiger partial charge in [-0.05, 0) is 35.9 Å². The van der Waals surface area contributed by atoms with Crippen molar-refractivity contribution in [3.8, 4) is 0 Å². The molecule has 0 spiro atoms. The van der Waals surface area contributed by atoms with E-state index in [-0.39, 0.29) is 31.2 Å². The molecule has 0 radical (unpaired) electrons. The molecule has 10 heteroatoms. The zero-order valence-electron chi connectivity index (χ0n) is 15.7. The molecule has 158 valence electrons. The van der Waals surface area contributed by atoms with Crippen molar-refractivity contribution in [2.45, 2.75) is 18.8 Å². The second-order valence-corrected chi connectivity index (χ2v) is 6.77. The molecule has 1 saturated heterocycles. The number of carbonyl (C=O) groups excluding carboxylic acids is 2. The Morgan fingerprint density at radius 2 is 2.10 bits per heavy atom. The van der Waals surface area contributed by atoms with Crippen molar-refractivity contribution in [1.82, 2.24) is 5.32 Å². The van der Waals surface area contributed by atoms with E-state index in [9.17, 15) is 19.1 Å². The normalized spacial score (nSPS) is 18.9. The van der Waals surface area contributed by atoms with Crippen LogP contribution >= 0.6 is 12.4 Å². The van der Waals surface area contributed by atoms with Gasteiger partial charge in [0.2, 0.25) is 0 Å². The topological polar surface area (TPSA) is 115 Å². The van der Waals surface area contributed by atoms with E-state index in [1.807, 2.05) is 0 Å². The number of morpholine rings is 1. The third-order valence-electron chi connectivity index (χ3n) is 4.92. The number of ether oxygens (including phenoxy) is 1. The maximum absolute atomic E-state index is 14.1. The first-order valence-electron chi connectivity index (χ1n) is 9.08. The second-order valence-electron chi connectivity index (χ2n) is 6.77. The summed E-state index contributed by atoms with van der Waals surface area (Å²) in [6.45, 7) is 0.651. The van der Waals surface area contributed by atoms with E-state index >= 15 is 0 Å². The van der Waals surface area contributed by atoms with Gasteiger partial charge < -0.3 is 25.4 Å². The summed E-state index contributed by atoms with van der Waals surface area (Å²) in [5.74, 6) is -1.75. The Balaban J connectivity index is 0.00000256. The Morgan fingerprint density at radius 3 is 2.87 bits per heavy atom. The SMILES string of the molecule is Cl.N=C1NCc2cc(NC(=O)[C@H](O)[C@H]3OCCN(c4ccccc4F)C3=O)ccc21. The standard InChI is InChI=1S/C20H19FN4O4.ClH/c21-14-3-1-2-4-15(14)25-7-8-29-17(20(25)28)16(26)19(27)24-12-5-6-13-11(9-12)10-23-18(13)22;/h1-6,9,16-17,26H,7-8,10H2,(H2,22,23)(H,24,27);1H/t16-,17-;/m1./s1. The molecule has 2 aliphatic rings. The van der Waals surface area contributed by atoms with Gasteiger partial charge in [0, 0.05) is 24.3 Å². The van der Waals surface area contributed by atoms with E-state index in [1.165, 1.54) is 23.1 Å². The zero-order chi connectivity index (χ0) is 20.5. The molecule has 0 saturated carbocycles. The number of fused-ring (bicyclic) bond motifs is 1. The van der Waals surface area contributed by atoms with Crippen LogP contribution < -0.4 is 15.5 Å². The number of carbonyl (C=O) groups is 2. The van der Waals surface area contributed by atoms with Crippen molar-refractivity contribution < 1.29 is 23.8 Å². The molecule has 0 aromatic heterocycles. The van der Waals surface area contributed by atoms with Crippen LogP contribution in [0, 0.1) is 11.2 Å². The molecular formula is C20H20ClFN4O4. The number of aliphatic hydroxyl groups excluding tert-OH is 1. The molecule has 2 heterocycles. The fourth-order valence-corrected chi connectivity index (χ4v) is 3.44. The van der Waals surface area contributed by atoms with E-state index in [0.29, 0.717) is 18.1 Å². The molecule has 8 nitrogen and oxygen atoms in total. The number of rotatable bonds is 4. The van der Waals surface area contributed by atoms with Crippen LogP contribution in [-0.2, 0) is 20.9 Å². The summed E-state index contributed by atoms with van der Waals surface area (Å²) in [7, 11) is 0. The van der Waals surface area contributed by atoms with E-state index in [4.69, 9.17) is 10.1 Å². The van der Waals surface area contributed by atoms with Gasteiger partial charge in [-0.15, -0.1) is 12.4 Å². The first kappa shape index (κ1) is 21.7. The van der Waals surface area contributed by atoms with Crippen molar-refractivity contribution in [3.63, 3.8) is 0 Å². The van der Waals surface area contributed by atoms with Gasteiger partial charge in [-0.25, -0.2) is 4.39 Å². The van der Waals surface area contributed by atoms with Gasteiger partial charge in [0.25, 0.3) is 11.8 Å². The average molecular weight is 435 g/mol. The minimum Gasteiger partial charge on any atom is -0.380 e. The molecule has 2 aromatic carbocycles. The Kier molecular flexibility index (Phi) is 6.35. The van der Waals surface area contributed by atoms with Gasteiger partial charge in [-0.2, -0.15) is 0 Å². The molecule has 4 N–H and O–H groups in total. The number of nitrogens with zero attached hydrogens (tertiary/aromatic N) is 1. The second kappa shape index (κ2) is 8.78. The lowest BCUT2D eigenvalue weighted by atomic mass is 10.1. The number of para-hydroxylation sites is 1. The number of halogens is 2. The van der Waals surface area contributed by atoms with E-state index < -0.39 is 29.8 Å². The van der Waals surface area contributed by atoms with Crippen LogP contribution in [0.25, 0.3) is 0 Å². The van der Waals surface area contributed by atoms with Crippen LogP contribution in [0.1, 0.15) is 11.1 Å². The van der Waals surface area contributed by atoms with Crippen molar-refractivity contribution in [3.05, 3.63) is 59.4 Å². The third-order valence-corrected chi connectivity index (χ3v) is 4.92. The summed E-state index contributed by atoms with van der Waals surface area (Å²) >= 11 is 0. The maximum Gasteiger partial charge on any atom is 0.259 e. The molecule has 4 rings (SSSR count). The van der Waals surface area contributed by atoms with E-state index in [1.54, 1.807) is 24.3 Å². The monoisotopic (exact) mass is 434 g/mol. The molecule has 0 aliphatic carbocycles. The average Bonchev–Trinajstić information content (AvgIpc) is 3.08. The van der Waals surface area contributed by atoms with Crippen LogP contribution in [0.2, 0.25) is 0 Å². The molecule has 1 fully saturated rings. The number of amides is 2. The number of anilines is 2. The minimum absolute atomic E-state index is 0. The van der Waals surface area contributed by atoms with Crippen LogP contribution in [0.4, 0.5) is 15.8 Å². The fraction of sp³-hybridized carbons (Fsp3) is 0.250. The highest BCUT2D eigenvalue weighted by molar-refractivity contribution is 6.04. The van der Waals surface area contributed by atoms with Crippen LogP contribution in [-0.4, -0.2) is 48.1 Å². The van der Waals surface area contributed by atoms with Gasteiger partial charge in [0.05, 0.1) is 12.3 Å². The molecule has 30 heavy (non-hydrogen) atoms. The van der Waals surface area contributed by atoms with Gasteiger partial charge in [-0.3, -0.25) is 15.0 Å². The Labute approximate surface area is 177 Å². The first-order valence-corrected chi connectivity index (χ1v) is 9.08. The predicted molar refractivity (Wildman–Crippen MR) is 110 cm³/mol. The highest BCUT2D eigenvalue weighted by Crippen LogP contribution is 2.24. The third kappa shape index (κ3) is 4.00. The smallest absolute Gasteiger partial charge is 0.259 e. The molecule has 2 aliphatic heterocycles. The molecule has 2 atom stereocenters. The maximum atomic E-state index is 14.1. The molecule has 2 amide bonds. The quantitative estimate of drug-likeness (QED) is 0.581. The summed E-state index contributed by atoms with van der Waals surface area (Å²) in [5.41, 5.74) is 2.10. The zero-order valence-corrected chi connectivity index (χ0v) is 16.5. The lowest BCUT2D eigenvalue weighted by Gasteiger charge is -2.34. The van der Waals surface area contributed by atoms with Gasteiger partial charge in [0.1, 0.15) is 11.7 Å². The Bertz CT molecular complexity index is 1000. The Hall–Kier alpha value is -3.01. The van der Waals surface area contributed by atoms with E-state index in [0.717, 1.165) is 11.1 Å².